The highest BCUT2D eigenvalue weighted by Gasteiger charge is 2.27. The Bertz CT molecular complexity index is 743. The molecule has 0 spiro atoms. The van der Waals surface area contributed by atoms with Gasteiger partial charge in [-0.2, -0.15) is 5.10 Å². The fourth-order valence-electron chi connectivity index (χ4n) is 2.95. The number of nitrogens with zero attached hydrogens (tertiary/aromatic N) is 2. The third kappa shape index (κ3) is 2.94. The van der Waals surface area contributed by atoms with Crippen molar-refractivity contribution < 1.29 is 19.0 Å². The van der Waals surface area contributed by atoms with Crippen molar-refractivity contribution in [2.24, 2.45) is 0 Å². The van der Waals surface area contributed by atoms with Crippen molar-refractivity contribution in [2.75, 3.05) is 19.8 Å². The van der Waals surface area contributed by atoms with Crippen LogP contribution in [0.15, 0.2) is 30.5 Å². The lowest BCUT2D eigenvalue weighted by Crippen LogP contribution is -2.44. The van der Waals surface area contributed by atoms with Crippen LogP contribution in [0.4, 0.5) is 0 Å². The molecule has 1 aromatic heterocycles. The van der Waals surface area contributed by atoms with E-state index in [-0.39, 0.29) is 12.5 Å². The average Bonchev–Trinajstić information content (AvgIpc) is 3.04. The second kappa shape index (κ2) is 6.52. The molecule has 0 bridgehead atoms. The van der Waals surface area contributed by atoms with Gasteiger partial charge in [0.2, 0.25) is 6.10 Å². The zero-order chi connectivity index (χ0) is 16.4. The first-order valence-corrected chi connectivity index (χ1v) is 8.09. The molecule has 1 amide bonds. The molecule has 0 saturated carbocycles. The molecule has 0 aliphatic carbocycles. The maximum atomic E-state index is 12.3. The lowest BCUT2D eigenvalue weighted by atomic mass is 10.2. The van der Waals surface area contributed by atoms with Crippen molar-refractivity contribution in [3.05, 3.63) is 41.7 Å². The molecular formula is C17H19N3O4. The lowest BCUT2D eigenvalue weighted by molar-refractivity contribution is -0.130. The molecule has 3 heterocycles. The topological polar surface area (TPSA) is 74.6 Å². The fraction of sp³-hybridized carbons (Fsp3) is 0.412. The van der Waals surface area contributed by atoms with Gasteiger partial charge in [-0.3, -0.25) is 9.48 Å². The number of carbonyl (C=O) groups is 1. The Balaban J connectivity index is 1.31. The average molecular weight is 329 g/mol. The van der Waals surface area contributed by atoms with Crippen LogP contribution in [0.5, 0.6) is 11.5 Å². The highest BCUT2D eigenvalue weighted by molar-refractivity contribution is 5.81. The van der Waals surface area contributed by atoms with Crippen molar-refractivity contribution in [1.82, 2.24) is 15.1 Å². The molecule has 0 fully saturated rings. The minimum absolute atomic E-state index is 0.172. The number of benzene rings is 1. The Morgan fingerprint density at radius 1 is 1.33 bits per heavy atom. The van der Waals surface area contributed by atoms with Crippen molar-refractivity contribution >= 4 is 5.91 Å². The summed E-state index contributed by atoms with van der Waals surface area (Å²) in [5, 5.41) is 7.26. The predicted octanol–water partition coefficient (Wildman–Crippen LogP) is 0.912. The van der Waals surface area contributed by atoms with Gasteiger partial charge in [-0.1, -0.05) is 12.1 Å². The van der Waals surface area contributed by atoms with Crippen molar-refractivity contribution in [1.29, 1.82) is 0 Å². The van der Waals surface area contributed by atoms with Gasteiger partial charge in [0, 0.05) is 24.2 Å². The summed E-state index contributed by atoms with van der Waals surface area (Å²) in [7, 11) is 0. The molecule has 7 nitrogen and oxygen atoms in total. The van der Waals surface area contributed by atoms with Gasteiger partial charge >= 0.3 is 0 Å². The highest BCUT2D eigenvalue weighted by atomic mass is 16.6. The number of fused-ring (bicyclic) bond motifs is 2. The summed E-state index contributed by atoms with van der Waals surface area (Å²) in [5.41, 5.74) is 2.33. The van der Waals surface area contributed by atoms with E-state index >= 15 is 0 Å². The molecular weight excluding hydrogens is 310 g/mol. The number of aromatic nitrogens is 2. The van der Waals surface area contributed by atoms with Crippen LogP contribution in [0.1, 0.15) is 11.3 Å². The molecule has 1 N–H and O–H groups in total. The largest absolute Gasteiger partial charge is 0.485 e. The van der Waals surface area contributed by atoms with Gasteiger partial charge in [0.25, 0.3) is 5.91 Å². The van der Waals surface area contributed by atoms with Crippen LogP contribution in [-0.4, -0.2) is 41.6 Å². The van der Waals surface area contributed by atoms with Gasteiger partial charge in [0.1, 0.15) is 6.61 Å². The van der Waals surface area contributed by atoms with Crippen molar-refractivity contribution in [2.45, 2.75) is 25.7 Å². The Morgan fingerprint density at radius 2 is 2.21 bits per heavy atom. The van der Waals surface area contributed by atoms with E-state index < -0.39 is 6.10 Å². The van der Waals surface area contributed by atoms with E-state index in [2.05, 4.69) is 10.4 Å². The van der Waals surface area contributed by atoms with Gasteiger partial charge in [0.05, 0.1) is 26.0 Å². The molecule has 1 atom stereocenters. The zero-order valence-corrected chi connectivity index (χ0v) is 13.2. The first-order valence-electron chi connectivity index (χ1n) is 8.09. The number of ether oxygens (including phenoxy) is 3. The summed E-state index contributed by atoms with van der Waals surface area (Å²) < 4.78 is 18.6. The van der Waals surface area contributed by atoms with E-state index in [4.69, 9.17) is 14.2 Å². The smallest absolute Gasteiger partial charge is 0.264 e. The minimum Gasteiger partial charge on any atom is -0.485 e. The Hall–Kier alpha value is -2.54. The molecule has 1 aromatic carbocycles. The van der Waals surface area contributed by atoms with E-state index in [1.54, 1.807) is 6.07 Å². The second-order valence-corrected chi connectivity index (χ2v) is 5.80. The molecule has 2 aliphatic rings. The molecule has 24 heavy (non-hydrogen) atoms. The number of hydrogen-bond donors (Lipinski definition) is 1. The van der Waals surface area contributed by atoms with Crippen LogP contribution >= 0.6 is 0 Å². The third-order valence-corrected chi connectivity index (χ3v) is 4.20. The monoisotopic (exact) mass is 329 g/mol. The summed E-state index contributed by atoms with van der Waals surface area (Å²) in [5.74, 6) is 1.10. The number of amides is 1. The van der Waals surface area contributed by atoms with Gasteiger partial charge < -0.3 is 19.5 Å². The Kier molecular flexibility index (Phi) is 4.08. The lowest BCUT2D eigenvalue weighted by Gasteiger charge is -2.25. The van der Waals surface area contributed by atoms with E-state index in [0.717, 1.165) is 18.6 Å². The molecule has 7 heteroatoms. The van der Waals surface area contributed by atoms with E-state index in [1.807, 2.05) is 29.1 Å². The fourth-order valence-corrected chi connectivity index (χ4v) is 2.95. The van der Waals surface area contributed by atoms with Gasteiger partial charge in [0.15, 0.2) is 11.5 Å². The normalized spacial score (nSPS) is 18.8. The number of para-hydroxylation sites is 2. The standard InChI is InChI=1S/C17H19N3O4/c21-17(16-11-23-14-3-1-2-4-15(14)24-16)18-6-7-20-13-5-8-22-10-12(13)9-19-20/h1-4,9,16H,5-8,10-11H2,(H,18,21). The van der Waals surface area contributed by atoms with Crippen LogP contribution in [0, 0.1) is 0 Å². The molecule has 1 unspecified atom stereocenters. The SMILES string of the molecule is O=C(NCCn1ncc2c1CCOC2)C1COc2ccccc2O1. The molecule has 2 aliphatic heterocycles. The van der Waals surface area contributed by atoms with Gasteiger partial charge in [-0.25, -0.2) is 0 Å². The number of nitrogens with one attached hydrogen (secondary N) is 1. The van der Waals surface area contributed by atoms with Gasteiger partial charge in [-0.15, -0.1) is 0 Å². The van der Waals surface area contributed by atoms with Crippen LogP contribution in [-0.2, 0) is 29.1 Å². The summed E-state index contributed by atoms with van der Waals surface area (Å²) in [6.07, 6.45) is 2.07. The van der Waals surface area contributed by atoms with Crippen LogP contribution in [0.25, 0.3) is 0 Å². The Morgan fingerprint density at radius 3 is 3.12 bits per heavy atom. The highest BCUT2D eigenvalue weighted by Crippen LogP contribution is 2.30. The number of hydrogen-bond acceptors (Lipinski definition) is 5. The minimum atomic E-state index is -0.625. The third-order valence-electron chi connectivity index (χ3n) is 4.20. The first-order chi connectivity index (χ1) is 11.8. The summed E-state index contributed by atoms with van der Waals surface area (Å²) >= 11 is 0. The predicted molar refractivity (Wildman–Crippen MR) is 84.9 cm³/mol. The van der Waals surface area contributed by atoms with E-state index in [1.165, 1.54) is 5.69 Å². The molecule has 126 valence electrons. The molecule has 2 aromatic rings. The quantitative estimate of drug-likeness (QED) is 0.902. The second-order valence-electron chi connectivity index (χ2n) is 5.80. The van der Waals surface area contributed by atoms with E-state index in [0.29, 0.717) is 31.2 Å². The molecule has 4 rings (SSSR count). The summed E-state index contributed by atoms with van der Waals surface area (Å²) in [6.45, 7) is 2.68. The first kappa shape index (κ1) is 15.0. The molecule has 0 saturated heterocycles. The number of carbonyl (C=O) groups excluding carboxylic acids is 1. The summed E-state index contributed by atoms with van der Waals surface area (Å²) in [6, 6.07) is 7.35. The van der Waals surface area contributed by atoms with Gasteiger partial charge in [-0.05, 0) is 12.1 Å². The van der Waals surface area contributed by atoms with Crippen LogP contribution < -0.4 is 14.8 Å². The number of rotatable bonds is 4. The Labute approximate surface area is 139 Å². The van der Waals surface area contributed by atoms with Crippen LogP contribution in [0.3, 0.4) is 0 Å². The maximum absolute atomic E-state index is 12.3. The summed E-state index contributed by atoms with van der Waals surface area (Å²) in [4.78, 5) is 12.3. The maximum Gasteiger partial charge on any atom is 0.264 e. The van der Waals surface area contributed by atoms with Crippen molar-refractivity contribution in [3.8, 4) is 11.5 Å². The zero-order valence-electron chi connectivity index (χ0n) is 13.2. The van der Waals surface area contributed by atoms with Crippen molar-refractivity contribution in [3.63, 3.8) is 0 Å². The molecule has 0 radical (unpaired) electrons. The van der Waals surface area contributed by atoms with Crippen LogP contribution in [0.2, 0.25) is 0 Å². The van der Waals surface area contributed by atoms with E-state index in [9.17, 15) is 4.79 Å².